The van der Waals surface area contributed by atoms with E-state index < -0.39 is 18.8 Å². The minimum absolute atomic E-state index is 0.107. The largest absolute Gasteiger partial charge is 0.493 e. The number of urea groups is 1. The number of carbonyl (C=O) groups is 2. The molecule has 2 aromatic rings. The van der Waals surface area contributed by atoms with E-state index in [0.717, 1.165) is 11.8 Å². The number of nitrogens with one attached hydrogen (secondary N) is 1. The molecule has 0 radical (unpaired) electrons. The van der Waals surface area contributed by atoms with E-state index in [1.165, 1.54) is 29.3 Å². The van der Waals surface area contributed by atoms with Gasteiger partial charge in [0.1, 0.15) is 0 Å². The van der Waals surface area contributed by atoms with Crippen LogP contribution in [0.1, 0.15) is 30.6 Å². The Balaban J connectivity index is 1.72. The molecular formula is C25H25F2N5O4S. The Morgan fingerprint density at radius 3 is 2.65 bits per heavy atom. The SMILES string of the molecule is CCC1SC(=O)N(C(NC(=O)N2C=CN=CC2)c2ccccc2)N=C1c1ccc(OC(F)F)c(OC)c1. The van der Waals surface area contributed by atoms with E-state index in [-0.39, 0.29) is 28.5 Å². The van der Waals surface area contributed by atoms with E-state index in [1.54, 1.807) is 48.8 Å². The zero-order chi connectivity index (χ0) is 26.4. The quantitative estimate of drug-likeness (QED) is 0.506. The Morgan fingerprint density at radius 2 is 2.00 bits per heavy atom. The molecule has 9 nitrogen and oxygen atoms in total. The minimum atomic E-state index is -3.00. The minimum Gasteiger partial charge on any atom is -0.493 e. The molecule has 0 aromatic heterocycles. The highest BCUT2D eigenvalue weighted by atomic mass is 32.2. The summed E-state index contributed by atoms with van der Waals surface area (Å²) in [5.41, 5.74) is 1.76. The zero-order valence-corrected chi connectivity index (χ0v) is 20.9. The van der Waals surface area contributed by atoms with Crippen LogP contribution in [-0.4, -0.2) is 58.6 Å². The third kappa shape index (κ3) is 6.08. The van der Waals surface area contributed by atoms with E-state index in [1.807, 2.05) is 13.0 Å². The third-order valence-electron chi connectivity index (χ3n) is 5.59. The number of hydrogen-bond donors (Lipinski definition) is 1. The highest BCUT2D eigenvalue weighted by Crippen LogP contribution is 2.36. The lowest BCUT2D eigenvalue weighted by molar-refractivity contribution is -0.0512. The van der Waals surface area contributed by atoms with Gasteiger partial charge in [-0.3, -0.25) is 14.7 Å². The highest BCUT2D eigenvalue weighted by molar-refractivity contribution is 8.14. The average Bonchev–Trinajstić information content (AvgIpc) is 2.92. The second kappa shape index (κ2) is 11.9. The molecule has 2 unspecified atom stereocenters. The molecule has 4 rings (SSSR count). The number of hydrazone groups is 1. The summed E-state index contributed by atoms with van der Waals surface area (Å²) in [7, 11) is 1.35. The second-order valence-corrected chi connectivity index (χ2v) is 9.05. The number of methoxy groups -OCH3 is 1. The zero-order valence-electron chi connectivity index (χ0n) is 20.1. The molecule has 0 aliphatic carbocycles. The van der Waals surface area contributed by atoms with Gasteiger partial charge in [-0.2, -0.15) is 18.9 Å². The Bertz CT molecular complexity index is 1220. The standard InChI is InChI=1S/C25H25F2N5O4S/c1-3-20-21(17-9-10-18(36-23(26)27)19(15-17)35-2)30-32(25(34)37-20)22(16-7-5-4-6-8-16)29-24(33)31-13-11-28-12-14-31/h4-13,15,20,22-23H,3,14H2,1-2H3,(H,29,33). The van der Waals surface area contributed by atoms with Crippen LogP contribution in [0.25, 0.3) is 0 Å². The fraction of sp³-hybridized carbons (Fsp3) is 0.280. The van der Waals surface area contributed by atoms with Gasteiger partial charge in [0.15, 0.2) is 17.7 Å². The summed E-state index contributed by atoms with van der Waals surface area (Å²) in [6.07, 6.45) is 4.31. The Morgan fingerprint density at radius 1 is 1.22 bits per heavy atom. The summed E-state index contributed by atoms with van der Waals surface area (Å²) < 4.78 is 35.4. The maximum atomic E-state index is 13.3. The number of benzene rings is 2. The normalized spacial score (nSPS) is 18.0. The molecule has 2 aromatic carbocycles. The fourth-order valence-electron chi connectivity index (χ4n) is 3.80. The molecule has 1 N–H and O–H groups in total. The molecule has 0 saturated carbocycles. The first-order valence-electron chi connectivity index (χ1n) is 11.4. The molecule has 2 aliphatic heterocycles. The maximum Gasteiger partial charge on any atom is 0.387 e. The van der Waals surface area contributed by atoms with Gasteiger partial charge in [-0.1, -0.05) is 49.0 Å². The van der Waals surface area contributed by atoms with Crippen molar-refractivity contribution in [2.24, 2.45) is 10.1 Å². The van der Waals surface area contributed by atoms with Gasteiger partial charge in [0.05, 0.1) is 24.6 Å². The van der Waals surface area contributed by atoms with Crippen LogP contribution in [0.5, 0.6) is 11.5 Å². The third-order valence-corrected chi connectivity index (χ3v) is 6.82. The van der Waals surface area contributed by atoms with Crippen LogP contribution in [0.15, 0.2) is 71.0 Å². The van der Waals surface area contributed by atoms with Crippen molar-refractivity contribution in [1.82, 2.24) is 15.2 Å². The number of ether oxygens (including phenoxy) is 2. The summed E-state index contributed by atoms with van der Waals surface area (Å²) in [6.45, 7) is -0.802. The number of alkyl halides is 2. The summed E-state index contributed by atoms with van der Waals surface area (Å²) in [6, 6.07) is 13.1. The molecule has 0 fully saturated rings. The smallest absolute Gasteiger partial charge is 0.387 e. The van der Waals surface area contributed by atoms with Crippen molar-refractivity contribution in [2.45, 2.75) is 31.4 Å². The molecular weight excluding hydrogens is 504 g/mol. The molecule has 37 heavy (non-hydrogen) atoms. The van der Waals surface area contributed by atoms with Crippen LogP contribution in [0.4, 0.5) is 18.4 Å². The predicted octanol–water partition coefficient (Wildman–Crippen LogP) is 5.21. The predicted molar refractivity (Wildman–Crippen MR) is 137 cm³/mol. The molecule has 2 heterocycles. The lowest BCUT2D eigenvalue weighted by Gasteiger charge is -2.35. The van der Waals surface area contributed by atoms with Crippen LogP contribution in [0, 0.1) is 0 Å². The van der Waals surface area contributed by atoms with E-state index in [0.29, 0.717) is 23.3 Å². The Hall–Kier alpha value is -3.93. The lowest BCUT2D eigenvalue weighted by Crippen LogP contribution is -2.48. The first-order chi connectivity index (χ1) is 17.9. The van der Waals surface area contributed by atoms with Crippen molar-refractivity contribution in [3.63, 3.8) is 0 Å². The van der Waals surface area contributed by atoms with Crippen molar-refractivity contribution < 1.29 is 27.8 Å². The van der Waals surface area contributed by atoms with E-state index in [9.17, 15) is 18.4 Å². The van der Waals surface area contributed by atoms with Crippen LogP contribution in [0.2, 0.25) is 0 Å². The number of carbonyl (C=O) groups excluding carboxylic acids is 2. The Kier molecular flexibility index (Phi) is 8.39. The lowest BCUT2D eigenvalue weighted by atomic mass is 10.0. The van der Waals surface area contributed by atoms with Crippen molar-refractivity contribution in [3.8, 4) is 11.5 Å². The van der Waals surface area contributed by atoms with Gasteiger partial charge in [0, 0.05) is 24.2 Å². The molecule has 194 valence electrons. The van der Waals surface area contributed by atoms with Gasteiger partial charge >= 0.3 is 17.9 Å². The first-order valence-corrected chi connectivity index (χ1v) is 12.3. The summed E-state index contributed by atoms with van der Waals surface area (Å²) in [5, 5.41) is 8.16. The second-order valence-electron chi connectivity index (χ2n) is 7.90. The number of halogens is 2. The van der Waals surface area contributed by atoms with Gasteiger partial charge < -0.3 is 14.8 Å². The molecule has 0 spiro atoms. The molecule has 3 amide bonds. The van der Waals surface area contributed by atoms with Crippen LogP contribution in [-0.2, 0) is 0 Å². The van der Waals surface area contributed by atoms with E-state index in [2.05, 4.69) is 20.1 Å². The monoisotopic (exact) mass is 529 g/mol. The summed E-state index contributed by atoms with van der Waals surface area (Å²) >= 11 is 1.08. The Labute approximate surface area is 216 Å². The number of nitrogens with zero attached hydrogens (tertiary/aromatic N) is 4. The van der Waals surface area contributed by atoms with Gasteiger partial charge in [-0.05, 0) is 30.2 Å². The number of thioether (sulfide) groups is 1. The van der Waals surface area contributed by atoms with Gasteiger partial charge in [-0.25, -0.2) is 4.79 Å². The molecule has 2 aliphatic rings. The van der Waals surface area contributed by atoms with Crippen LogP contribution < -0.4 is 14.8 Å². The fourth-order valence-corrected chi connectivity index (χ4v) is 4.76. The topological polar surface area (TPSA) is 95.8 Å². The number of aliphatic imine (C=N–C) groups is 1. The highest BCUT2D eigenvalue weighted by Gasteiger charge is 2.36. The maximum absolute atomic E-state index is 13.3. The molecule has 0 bridgehead atoms. The average molecular weight is 530 g/mol. The molecule has 12 heteroatoms. The van der Waals surface area contributed by atoms with Crippen molar-refractivity contribution in [3.05, 3.63) is 72.1 Å². The first kappa shape index (κ1) is 26.1. The number of hydrogen-bond acceptors (Lipinski definition) is 7. The molecule has 0 saturated heterocycles. The van der Waals surface area contributed by atoms with Crippen molar-refractivity contribution >= 4 is 35.0 Å². The van der Waals surface area contributed by atoms with Crippen molar-refractivity contribution in [2.75, 3.05) is 13.7 Å². The van der Waals surface area contributed by atoms with Crippen molar-refractivity contribution in [1.29, 1.82) is 0 Å². The van der Waals surface area contributed by atoms with E-state index in [4.69, 9.17) is 4.74 Å². The van der Waals surface area contributed by atoms with Gasteiger partial charge in [0.25, 0.3) is 0 Å². The molecule has 2 atom stereocenters. The summed E-state index contributed by atoms with van der Waals surface area (Å²) in [4.78, 5) is 31.7. The number of rotatable bonds is 8. The van der Waals surface area contributed by atoms with E-state index >= 15 is 0 Å². The van der Waals surface area contributed by atoms with Gasteiger partial charge in [0.2, 0.25) is 0 Å². The van der Waals surface area contributed by atoms with Gasteiger partial charge in [-0.15, -0.1) is 0 Å². The number of amides is 3. The van der Waals surface area contributed by atoms with Crippen LogP contribution in [0.3, 0.4) is 0 Å². The van der Waals surface area contributed by atoms with Crippen LogP contribution >= 0.6 is 11.8 Å². The summed E-state index contributed by atoms with van der Waals surface area (Å²) in [5.74, 6) is -0.00545.